The van der Waals surface area contributed by atoms with E-state index in [4.69, 9.17) is 9.47 Å². The van der Waals surface area contributed by atoms with Gasteiger partial charge in [0.15, 0.2) is 11.5 Å². The normalized spacial score (nSPS) is 12.5. The molecular weight excluding hydrogens is 416 g/mol. The van der Waals surface area contributed by atoms with E-state index in [2.05, 4.69) is 10.0 Å². The van der Waals surface area contributed by atoms with Crippen molar-refractivity contribution in [1.82, 2.24) is 5.32 Å². The SMILES string of the molecule is Cc1ccc(S(=O)(=O)Nc2ccccc2C(=O)NCc2ccc3c(c2)OCO3)c(C)c1. The van der Waals surface area contributed by atoms with E-state index in [1.54, 1.807) is 61.5 Å². The molecule has 1 amide bonds. The highest BCUT2D eigenvalue weighted by Gasteiger charge is 2.20. The van der Waals surface area contributed by atoms with E-state index in [0.717, 1.165) is 11.1 Å². The third-order valence-corrected chi connectivity index (χ3v) is 6.45. The number of ether oxygens (including phenoxy) is 2. The number of fused-ring (bicyclic) bond motifs is 1. The van der Waals surface area contributed by atoms with Gasteiger partial charge in [-0.05, 0) is 55.3 Å². The summed E-state index contributed by atoms with van der Waals surface area (Å²) in [5, 5.41) is 2.82. The summed E-state index contributed by atoms with van der Waals surface area (Å²) in [6, 6.07) is 17.0. The van der Waals surface area contributed by atoms with Gasteiger partial charge in [0.2, 0.25) is 6.79 Å². The molecule has 2 N–H and O–H groups in total. The molecule has 0 aliphatic carbocycles. The molecule has 8 heteroatoms. The van der Waals surface area contributed by atoms with Crippen molar-refractivity contribution in [3.05, 3.63) is 82.9 Å². The number of carbonyl (C=O) groups is 1. The van der Waals surface area contributed by atoms with Gasteiger partial charge in [0, 0.05) is 6.54 Å². The Labute approximate surface area is 181 Å². The van der Waals surface area contributed by atoms with Crippen LogP contribution in [0.1, 0.15) is 27.0 Å². The number of nitrogens with one attached hydrogen (secondary N) is 2. The summed E-state index contributed by atoms with van der Waals surface area (Å²) in [4.78, 5) is 13.0. The zero-order chi connectivity index (χ0) is 22.0. The molecule has 31 heavy (non-hydrogen) atoms. The fourth-order valence-electron chi connectivity index (χ4n) is 3.40. The number of hydrogen-bond acceptors (Lipinski definition) is 5. The summed E-state index contributed by atoms with van der Waals surface area (Å²) in [7, 11) is -3.85. The van der Waals surface area contributed by atoms with Gasteiger partial charge in [0.1, 0.15) is 0 Å². The van der Waals surface area contributed by atoms with E-state index in [1.807, 2.05) is 13.0 Å². The van der Waals surface area contributed by atoms with Crippen molar-refractivity contribution in [1.29, 1.82) is 0 Å². The highest BCUT2D eigenvalue weighted by molar-refractivity contribution is 7.92. The molecular formula is C23H22N2O5S. The van der Waals surface area contributed by atoms with Crippen molar-refractivity contribution in [3.63, 3.8) is 0 Å². The summed E-state index contributed by atoms with van der Waals surface area (Å²) in [5.41, 5.74) is 2.89. The Morgan fingerprint density at radius 1 is 0.968 bits per heavy atom. The van der Waals surface area contributed by atoms with Gasteiger partial charge in [0.25, 0.3) is 15.9 Å². The maximum Gasteiger partial charge on any atom is 0.262 e. The predicted molar refractivity (Wildman–Crippen MR) is 117 cm³/mol. The lowest BCUT2D eigenvalue weighted by atomic mass is 10.1. The molecule has 0 fully saturated rings. The second-order valence-electron chi connectivity index (χ2n) is 7.29. The molecule has 0 unspecified atom stereocenters. The standard InChI is InChI=1S/C23H22N2O5S/c1-15-7-10-22(16(2)11-15)31(27,28)25-19-6-4-3-5-18(19)23(26)24-13-17-8-9-20-21(12-17)30-14-29-20/h3-12,25H,13-14H2,1-2H3,(H,24,26). The number of para-hydroxylation sites is 1. The maximum absolute atomic E-state index is 12.9. The number of sulfonamides is 1. The van der Waals surface area contributed by atoms with Crippen molar-refractivity contribution >= 4 is 21.6 Å². The number of aryl methyl sites for hydroxylation is 2. The first-order valence-electron chi connectivity index (χ1n) is 9.69. The predicted octanol–water partition coefficient (Wildman–Crippen LogP) is 3.76. The molecule has 7 nitrogen and oxygen atoms in total. The Bertz CT molecular complexity index is 1250. The molecule has 1 heterocycles. The molecule has 1 aliphatic heterocycles. The molecule has 3 aromatic rings. The summed E-state index contributed by atoms with van der Waals surface area (Å²) >= 11 is 0. The van der Waals surface area contributed by atoms with Crippen LogP contribution in [-0.2, 0) is 16.6 Å². The van der Waals surface area contributed by atoms with Crippen LogP contribution >= 0.6 is 0 Å². The third-order valence-electron chi connectivity index (χ3n) is 4.93. The minimum atomic E-state index is -3.85. The number of hydrogen-bond donors (Lipinski definition) is 2. The monoisotopic (exact) mass is 438 g/mol. The Morgan fingerprint density at radius 3 is 2.55 bits per heavy atom. The van der Waals surface area contributed by atoms with Crippen molar-refractivity contribution < 1.29 is 22.7 Å². The van der Waals surface area contributed by atoms with Gasteiger partial charge in [0.05, 0.1) is 16.1 Å². The Kier molecular flexibility index (Phi) is 5.56. The van der Waals surface area contributed by atoms with Crippen LogP contribution in [0.3, 0.4) is 0 Å². The summed E-state index contributed by atoms with van der Waals surface area (Å²) < 4.78 is 39.0. The molecule has 0 radical (unpaired) electrons. The number of rotatable bonds is 6. The van der Waals surface area contributed by atoms with Gasteiger partial charge in [-0.15, -0.1) is 0 Å². The number of carbonyl (C=O) groups excluding carboxylic acids is 1. The van der Waals surface area contributed by atoms with Crippen LogP contribution in [0.4, 0.5) is 5.69 Å². The Morgan fingerprint density at radius 2 is 1.74 bits per heavy atom. The average Bonchev–Trinajstić information content (AvgIpc) is 3.19. The zero-order valence-corrected chi connectivity index (χ0v) is 18.0. The van der Waals surface area contributed by atoms with Crippen molar-refractivity contribution in [3.8, 4) is 11.5 Å². The van der Waals surface area contributed by atoms with Crippen LogP contribution in [0.2, 0.25) is 0 Å². The van der Waals surface area contributed by atoms with Crippen LogP contribution in [0.5, 0.6) is 11.5 Å². The van der Waals surface area contributed by atoms with Crippen LogP contribution in [0.15, 0.2) is 65.6 Å². The first-order valence-corrected chi connectivity index (χ1v) is 11.2. The Hall–Kier alpha value is -3.52. The highest BCUT2D eigenvalue weighted by atomic mass is 32.2. The van der Waals surface area contributed by atoms with E-state index in [9.17, 15) is 13.2 Å². The van der Waals surface area contributed by atoms with Crippen molar-refractivity contribution in [2.24, 2.45) is 0 Å². The number of anilines is 1. The molecule has 1 aliphatic rings. The fraction of sp³-hybridized carbons (Fsp3) is 0.174. The van der Waals surface area contributed by atoms with E-state index in [1.165, 1.54) is 0 Å². The second kappa shape index (κ2) is 8.31. The van der Waals surface area contributed by atoms with Gasteiger partial charge in [-0.25, -0.2) is 8.42 Å². The molecule has 0 spiro atoms. The summed E-state index contributed by atoms with van der Waals surface area (Å²) in [5.74, 6) is 0.909. The van der Waals surface area contributed by atoms with E-state index in [0.29, 0.717) is 17.1 Å². The van der Waals surface area contributed by atoms with Gasteiger partial charge in [-0.3, -0.25) is 9.52 Å². The van der Waals surface area contributed by atoms with E-state index >= 15 is 0 Å². The first-order chi connectivity index (χ1) is 14.8. The van der Waals surface area contributed by atoms with Crippen molar-refractivity contribution in [2.45, 2.75) is 25.3 Å². The van der Waals surface area contributed by atoms with E-state index in [-0.39, 0.29) is 29.5 Å². The molecule has 0 atom stereocenters. The lowest BCUT2D eigenvalue weighted by Crippen LogP contribution is -2.25. The largest absolute Gasteiger partial charge is 0.454 e. The molecule has 3 aromatic carbocycles. The first kappa shape index (κ1) is 20.7. The van der Waals surface area contributed by atoms with Crippen LogP contribution in [0, 0.1) is 13.8 Å². The van der Waals surface area contributed by atoms with Gasteiger partial charge in [-0.2, -0.15) is 0 Å². The zero-order valence-electron chi connectivity index (χ0n) is 17.1. The number of amides is 1. The average molecular weight is 439 g/mol. The molecule has 160 valence electrons. The highest BCUT2D eigenvalue weighted by Crippen LogP contribution is 2.32. The Balaban J connectivity index is 1.52. The molecule has 0 saturated carbocycles. The summed E-state index contributed by atoms with van der Waals surface area (Å²) in [6.45, 7) is 4.08. The minimum Gasteiger partial charge on any atom is -0.454 e. The molecule has 0 aromatic heterocycles. The van der Waals surface area contributed by atoms with Gasteiger partial charge in [-0.1, -0.05) is 35.9 Å². The van der Waals surface area contributed by atoms with Crippen LogP contribution in [0.25, 0.3) is 0 Å². The third kappa shape index (κ3) is 4.49. The second-order valence-corrected chi connectivity index (χ2v) is 8.94. The lowest BCUT2D eigenvalue weighted by Gasteiger charge is -2.14. The smallest absolute Gasteiger partial charge is 0.262 e. The lowest BCUT2D eigenvalue weighted by molar-refractivity contribution is 0.0951. The van der Waals surface area contributed by atoms with Crippen molar-refractivity contribution in [2.75, 3.05) is 11.5 Å². The molecule has 0 bridgehead atoms. The fourth-order valence-corrected chi connectivity index (χ4v) is 4.71. The summed E-state index contributed by atoms with van der Waals surface area (Å²) in [6.07, 6.45) is 0. The quantitative estimate of drug-likeness (QED) is 0.611. The van der Waals surface area contributed by atoms with Gasteiger partial charge >= 0.3 is 0 Å². The van der Waals surface area contributed by atoms with E-state index < -0.39 is 15.9 Å². The van der Waals surface area contributed by atoms with Crippen LogP contribution in [-0.4, -0.2) is 21.1 Å². The molecule has 4 rings (SSSR count). The maximum atomic E-state index is 12.9. The number of benzene rings is 3. The minimum absolute atomic E-state index is 0.175. The molecule has 0 saturated heterocycles. The van der Waals surface area contributed by atoms with Crippen LogP contribution < -0.4 is 19.5 Å². The topological polar surface area (TPSA) is 93.7 Å². The van der Waals surface area contributed by atoms with Gasteiger partial charge < -0.3 is 14.8 Å².